The maximum Gasteiger partial charge on any atom is 0.0795 e. The smallest absolute Gasteiger partial charge is 0.0795 e. The zero-order chi connectivity index (χ0) is 41.7. The van der Waals surface area contributed by atoms with E-state index >= 15 is 0 Å². The third-order valence-electron chi connectivity index (χ3n) is 12.5. The first-order valence-electron chi connectivity index (χ1n) is 21.6. The van der Waals surface area contributed by atoms with Crippen LogP contribution in [0.1, 0.15) is 0 Å². The van der Waals surface area contributed by atoms with Gasteiger partial charge in [0.2, 0.25) is 0 Å². The third kappa shape index (κ3) is 6.21. The van der Waals surface area contributed by atoms with Crippen LogP contribution in [0.15, 0.2) is 249 Å². The molecule has 63 heavy (non-hydrogen) atoms. The molecule has 0 saturated heterocycles. The molecule has 0 aliphatic heterocycles. The highest BCUT2D eigenvalue weighted by Gasteiger charge is 2.25. The highest BCUT2D eigenvalue weighted by Crippen LogP contribution is 2.47. The maximum absolute atomic E-state index is 2.50. The molecule has 0 N–H and O–H groups in total. The molecule has 12 aromatic rings. The summed E-state index contributed by atoms with van der Waals surface area (Å²) in [6.07, 6.45) is 0. The molecule has 0 fully saturated rings. The predicted octanol–water partition coefficient (Wildman–Crippen LogP) is 16.4. The minimum absolute atomic E-state index is 1.10. The Morgan fingerprint density at radius 2 is 0.651 bits per heavy atom. The van der Waals surface area contributed by atoms with Crippen molar-refractivity contribution in [2.24, 2.45) is 0 Å². The molecule has 0 saturated carbocycles. The summed E-state index contributed by atoms with van der Waals surface area (Å²) in [5.74, 6) is 0. The molecule has 3 heteroatoms. The van der Waals surface area contributed by atoms with Crippen LogP contribution in [0.3, 0.4) is 0 Å². The van der Waals surface area contributed by atoms with Crippen molar-refractivity contribution in [3.8, 4) is 44.8 Å². The highest BCUT2D eigenvalue weighted by atomic mass is 15.1. The average Bonchev–Trinajstić information content (AvgIpc) is 3.89. The van der Waals surface area contributed by atoms with Crippen LogP contribution in [0.25, 0.3) is 88.4 Å². The number of anilines is 3. The van der Waals surface area contributed by atoms with Gasteiger partial charge in [0.05, 0.1) is 22.1 Å². The molecule has 0 bridgehead atoms. The van der Waals surface area contributed by atoms with Gasteiger partial charge in [-0.3, -0.25) is 0 Å². The van der Waals surface area contributed by atoms with Crippen molar-refractivity contribution in [3.63, 3.8) is 0 Å². The third-order valence-corrected chi connectivity index (χ3v) is 12.5. The number of fused-ring (bicyclic) bond motifs is 7. The number of para-hydroxylation sites is 4. The first kappa shape index (κ1) is 36.5. The predicted molar refractivity (Wildman–Crippen MR) is 266 cm³/mol. The lowest BCUT2D eigenvalue weighted by molar-refractivity contribution is 1.15. The number of benzene rings is 10. The quantitative estimate of drug-likeness (QED) is 0.149. The molecular weight excluding hydrogens is 763 g/mol. The summed E-state index contributed by atoms with van der Waals surface area (Å²) in [4.78, 5) is 2.32. The minimum Gasteiger partial charge on any atom is -0.311 e. The molecule has 0 atom stereocenters. The number of aromatic nitrogens is 2. The van der Waals surface area contributed by atoms with E-state index in [1.165, 1.54) is 71.4 Å². The Bertz CT molecular complexity index is 3510. The van der Waals surface area contributed by atoms with Gasteiger partial charge in [-0.05, 0) is 112 Å². The van der Waals surface area contributed by atoms with Gasteiger partial charge in [-0.1, -0.05) is 170 Å². The Labute approximate surface area is 366 Å². The molecule has 3 nitrogen and oxygen atoms in total. The van der Waals surface area contributed by atoms with Crippen LogP contribution in [0.2, 0.25) is 0 Å². The molecule has 0 radical (unpaired) electrons. The SMILES string of the molecule is c1ccc(-c2ccc(-n3c4ccccc4c4cc(-c5ccc(N(c6ccccc6)c6ccccc6)cc5)c5c6ccccc6n(-c6ccc(-c7ccccc7)cc6)c5c43)cc2)cc1. The zero-order valence-electron chi connectivity index (χ0n) is 34.5. The molecule has 2 aromatic heterocycles. The van der Waals surface area contributed by atoms with E-state index in [0.29, 0.717) is 0 Å². The second-order valence-electron chi connectivity index (χ2n) is 16.1. The Morgan fingerprint density at radius 3 is 1.17 bits per heavy atom. The van der Waals surface area contributed by atoms with Crippen molar-refractivity contribution < 1.29 is 0 Å². The fourth-order valence-corrected chi connectivity index (χ4v) is 9.62. The van der Waals surface area contributed by atoms with Gasteiger partial charge in [-0.15, -0.1) is 0 Å². The van der Waals surface area contributed by atoms with Crippen molar-refractivity contribution >= 4 is 60.7 Å². The summed E-state index contributed by atoms with van der Waals surface area (Å²) in [6, 6.07) is 90.0. The van der Waals surface area contributed by atoms with E-state index in [-0.39, 0.29) is 0 Å². The molecule has 0 amide bonds. The highest BCUT2D eigenvalue weighted by molar-refractivity contribution is 6.28. The number of nitrogens with zero attached hydrogens (tertiary/aromatic N) is 3. The molecule has 296 valence electrons. The summed E-state index contributed by atoms with van der Waals surface area (Å²) in [5, 5.41) is 4.87. The second-order valence-corrected chi connectivity index (χ2v) is 16.1. The van der Waals surface area contributed by atoms with Crippen molar-refractivity contribution in [3.05, 3.63) is 249 Å². The van der Waals surface area contributed by atoms with E-state index in [0.717, 1.165) is 34.0 Å². The normalized spacial score (nSPS) is 11.5. The van der Waals surface area contributed by atoms with Gasteiger partial charge in [0, 0.05) is 50.0 Å². The fourth-order valence-electron chi connectivity index (χ4n) is 9.62. The Balaban J connectivity index is 1.14. The minimum atomic E-state index is 1.10. The molecule has 0 spiro atoms. The number of hydrogen-bond donors (Lipinski definition) is 0. The van der Waals surface area contributed by atoms with Crippen LogP contribution in [0, 0.1) is 0 Å². The second kappa shape index (κ2) is 15.3. The van der Waals surface area contributed by atoms with E-state index in [1.807, 2.05) is 0 Å². The fraction of sp³-hybridized carbons (Fsp3) is 0. The monoisotopic (exact) mass is 803 g/mol. The number of hydrogen-bond acceptors (Lipinski definition) is 1. The van der Waals surface area contributed by atoms with Gasteiger partial charge < -0.3 is 14.0 Å². The zero-order valence-corrected chi connectivity index (χ0v) is 34.5. The van der Waals surface area contributed by atoms with E-state index in [1.54, 1.807) is 0 Å². The van der Waals surface area contributed by atoms with E-state index in [2.05, 4.69) is 263 Å². The van der Waals surface area contributed by atoms with Gasteiger partial charge in [0.25, 0.3) is 0 Å². The van der Waals surface area contributed by atoms with Crippen molar-refractivity contribution in [2.75, 3.05) is 4.90 Å². The lowest BCUT2D eigenvalue weighted by Crippen LogP contribution is -2.09. The van der Waals surface area contributed by atoms with Crippen LogP contribution < -0.4 is 4.90 Å². The largest absolute Gasteiger partial charge is 0.311 e. The van der Waals surface area contributed by atoms with Crippen LogP contribution >= 0.6 is 0 Å². The standard InChI is InChI=1S/C60H41N3/c1-5-17-42(18-6-1)44-29-35-50(36-30-44)62-56-27-15-13-25-52(56)55-41-54(46-33-39-49(40-34-46)61(47-21-9-3-10-22-47)48-23-11-4-12-24-48)58-53-26-14-16-28-57(53)63(60(58)59(55)62)51-37-31-45(32-38-51)43-19-7-2-8-20-43/h1-41H. The molecule has 0 unspecified atom stereocenters. The summed E-state index contributed by atoms with van der Waals surface area (Å²) in [7, 11) is 0. The molecule has 0 aliphatic carbocycles. The van der Waals surface area contributed by atoms with E-state index in [9.17, 15) is 0 Å². The van der Waals surface area contributed by atoms with Crippen molar-refractivity contribution in [1.82, 2.24) is 9.13 Å². The molecule has 2 heterocycles. The Kier molecular flexibility index (Phi) is 8.83. The van der Waals surface area contributed by atoms with Gasteiger partial charge >= 0.3 is 0 Å². The molecule has 0 aliphatic rings. The Hall–Kier alpha value is -8.40. The lowest BCUT2D eigenvalue weighted by atomic mass is 9.96. The van der Waals surface area contributed by atoms with E-state index < -0.39 is 0 Å². The van der Waals surface area contributed by atoms with Crippen molar-refractivity contribution in [2.45, 2.75) is 0 Å². The van der Waals surface area contributed by atoms with Crippen LogP contribution in [-0.2, 0) is 0 Å². The average molecular weight is 804 g/mol. The summed E-state index contributed by atoms with van der Waals surface area (Å²) in [6.45, 7) is 0. The molecule has 10 aromatic carbocycles. The van der Waals surface area contributed by atoms with Crippen LogP contribution in [-0.4, -0.2) is 9.13 Å². The Morgan fingerprint density at radius 1 is 0.270 bits per heavy atom. The maximum atomic E-state index is 2.50. The molecular formula is C60H41N3. The van der Waals surface area contributed by atoms with Gasteiger partial charge in [-0.25, -0.2) is 0 Å². The van der Waals surface area contributed by atoms with Crippen molar-refractivity contribution in [1.29, 1.82) is 0 Å². The first-order valence-corrected chi connectivity index (χ1v) is 21.6. The first-order chi connectivity index (χ1) is 31.3. The summed E-state index contributed by atoms with van der Waals surface area (Å²) in [5.41, 5.74) is 17.4. The van der Waals surface area contributed by atoms with Crippen LogP contribution in [0.4, 0.5) is 17.1 Å². The molecule has 12 rings (SSSR count). The summed E-state index contributed by atoms with van der Waals surface area (Å²) < 4.78 is 4.99. The van der Waals surface area contributed by atoms with Gasteiger partial charge in [0.1, 0.15) is 0 Å². The van der Waals surface area contributed by atoms with Crippen LogP contribution in [0.5, 0.6) is 0 Å². The van der Waals surface area contributed by atoms with Gasteiger partial charge in [0.15, 0.2) is 0 Å². The topological polar surface area (TPSA) is 13.1 Å². The summed E-state index contributed by atoms with van der Waals surface area (Å²) >= 11 is 0. The van der Waals surface area contributed by atoms with Gasteiger partial charge in [-0.2, -0.15) is 0 Å². The number of rotatable bonds is 8. The van der Waals surface area contributed by atoms with E-state index in [4.69, 9.17) is 0 Å². The lowest BCUT2D eigenvalue weighted by Gasteiger charge is -2.25.